The van der Waals surface area contributed by atoms with Crippen molar-refractivity contribution >= 4 is 0 Å². The first-order chi connectivity index (χ1) is 4.02. The number of hydrogen-bond acceptors (Lipinski definition) is 1. The average Bonchev–Trinajstić information content (AvgIpc) is 1.65. The van der Waals surface area contributed by atoms with Crippen LogP contribution in [0.4, 0.5) is 0 Å². The molecule has 0 amide bonds. The average molecular weight is 127 g/mol. The molecule has 0 spiro atoms. The number of rotatable bonds is 2. The van der Waals surface area contributed by atoms with Gasteiger partial charge < -0.3 is 0 Å². The predicted molar refractivity (Wildman–Crippen MR) is 42.0 cm³/mol. The van der Waals surface area contributed by atoms with E-state index in [9.17, 15) is 0 Å². The molecule has 0 saturated heterocycles. The largest absolute Gasteiger partial charge is 0.298 e. The highest BCUT2D eigenvalue weighted by molar-refractivity contribution is 4.76. The van der Waals surface area contributed by atoms with Crippen LogP contribution in [0.1, 0.15) is 20.8 Å². The van der Waals surface area contributed by atoms with E-state index >= 15 is 0 Å². The second-order valence-electron chi connectivity index (χ2n) is 3.16. The molecule has 1 nitrogen and oxygen atoms in total. The molecule has 2 radical (unpaired) electrons. The minimum absolute atomic E-state index is 0.226. The van der Waals surface area contributed by atoms with Gasteiger partial charge in [0, 0.05) is 5.54 Å². The van der Waals surface area contributed by atoms with Crippen LogP contribution in [0.2, 0.25) is 0 Å². The van der Waals surface area contributed by atoms with Crippen molar-refractivity contribution in [1.82, 2.24) is 4.90 Å². The Kier molecular flexibility index (Phi) is 3.20. The Morgan fingerprint density at radius 1 is 1.11 bits per heavy atom. The summed E-state index contributed by atoms with van der Waals surface area (Å²) in [4.78, 5) is 2.22. The van der Waals surface area contributed by atoms with Gasteiger partial charge in [-0.1, -0.05) is 0 Å². The van der Waals surface area contributed by atoms with Crippen molar-refractivity contribution < 1.29 is 0 Å². The maximum Gasteiger partial charge on any atom is 0.0125 e. The molecule has 1 heteroatoms. The van der Waals surface area contributed by atoms with Gasteiger partial charge in [-0.2, -0.15) is 0 Å². The van der Waals surface area contributed by atoms with Crippen molar-refractivity contribution in [3.63, 3.8) is 0 Å². The van der Waals surface area contributed by atoms with Crippen LogP contribution in [-0.4, -0.2) is 23.5 Å². The topological polar surface area (TPSA) is 3.24 Å². The third-order valence-corrected chi connectivity index (χ3v) is 1.49. The van der Waals surface area contributed by atoms with E-state index < -0.39 is 0 Å². The molecule has 0 unspecified atom stereocenters. The van der Waals surface area contributed by atoms with Crippen LogP contribution >= 0.6 is 0 Å². The van der Waals surface area contributed by atoms with Crippen molar-refractivity contribution in [2.24, 2.45) is 0 Å². The summed E-state index contributed by atoms with van der Waals surface area (Å²) in [7, 11) is 0. The molecule has 0 rings (SSSR count). The molecule has 0 aromatic carbocycles. The second-order valence-corrected chi connectivity index (χ2v) is 3.16. The molecule has 0 aliphatic carbocycles. The molecule has 0 heterocycles. The maximum absolute atomic E-state index is 3.81. The summed E-state index contributed by atoms with van der Waals surface area (Å²) in [5, 5.41) is 0. The molecule has 0 saturated carbocycles. The van der Waals surface area contributed by atoms with Gasteiger partial charge in [-0.15, -0.1) is 0 Å². The lowest BCUT2D eigenvalue weighted by atomic mass is 10.1. The van der Waals surface area contributed by atoms with Gasteiger partial charge in [-0.25, -0.2) is 0 Å². The zero-order chi connectivity index (χ0) is 7.49. The van der Waals surface area contributed by atoms with E-state index in [2.05, 4.69) is 39.5 Å². The molecule has 0 aromatic rings. The van der Waals surface area contributed by atoms with Crippen molar-refractivity contribution in [2.45, 2.75) is 26.3 Å². The lowest BCUT2D eigenvalue weighted by Crippen LogP contribution is -2.40. The van der Waals surface area contributed by atoms with E-state index in [4.69, 9.17) is 0 Å². The third kappa shape index (κ3) is 2.85. The summed E-state index contributed by atoms with van der Waals surface area (Å²) in [5.74, 6) is 0. The SMILES string of the molecule is [CH2]CN(C[CH2])C(C)(C)C. The molecule has 0 aromatic heterocycles. The smallest absolute Gasteiger partial charge is 0.0125 e. The minimum Gasteiger partial charge on any atom is -0.298 e. The Balaban J connectivity index is 3.79. The van der Waals surface area contributed by atoms with Crippen molar-refractivity contribution in [1.29, 1.82) is 0 Å². The fourth-order valence-electron chi connectivity index (χ4n) is 0.783. The highest BCUT2D eigenvalue weighted by Gasteiger charge is 2.16. The predicted octanol–water partition coefficient (Wildman–Crippen LogP) is 1.76. The van der Waals surface area contributed by atoms with E-state index in [1.54, 1.807) is 0 Å². The van der Waals surface area contributed by atoms with Gasteiger partial charge in [-0.05, 0) is 47.7 Å². The molecular formula is C8H17N. The summed E-state index contributed by atoms with van der Waals surface area (Å²) >= 11 is 0. The summed E-state index contributed by atoms with van der Waals surface area (Å²) < 4.78 is 0. The van der Waals surface area contributed by atoms with E-state index in [-0.39, 0.29) is 5.54 Å². The van der Waals surface area contributed by atoms with Gasteiger partial charge in [0.25, 0.3) is 0 Å². The van der Waals surface area contributed by atoms with Crippen LogP contribution in [0.5, 0.6) is 0 Å². The lowest BCUT2D eigenvalue weighted by molar-refractivity contribution is 0.171. The van der Waals surface area contributed by atoms with Crippen LogP contribution in [0.15, 0.2) is 0 Å². The first-order valence-electron chi connectivity index (χ1n) is 3.36. The Morgan fingerprint density at radius 2 is 1.44 bits per heavy atom. The summed E-state index contributed by atoms with van der Waals surface area (Å²) in [6.07, 6.45) is 0. The molecule has 0 fully saturated rings. The summed E-state index contributed by atoms with van der Waals surface area (Å²) in [6.45, 7) is 15.8. The Morgan fingerprint density at radius 3 is 1.44 bits per heavy atom. The van der Waals surface area contributed by atoms with Crippen LogP contribution in [-0.2, 0) is 0 Å². The molecule has 0 atom stereocenters. The molecule has 0 aliphatic rings. The standard InChI is InChI=1S/C8H17N/c1-6-9(7-2)8(3,4)5/h1-2,6-7H2,3-5H3. The molecule has 0 aliphatic heterocycles. The lowest BCUT2D eigenvalue weighted by Gasteiger charge is -2.33. The summed E-state index contributed by atoms with van der Waals surface area (Å²) in [6, 6.07) is 0. The minimum atomic E-state index is 0.226. The maximum atomic E-state index is 3.81. The summed E-state index contributed by atoms with van der Waals surface area (Å²) in [5.41, 5.74) is 0.226. The highest BCUT2D eigenvalue weighted by Crippen LogP contribution is 2.10. The van der Waals surface area contributed by atoms with Gasteiger partial charge in [0.15, 0.2) is 0 Å². The van der Waals surface area contributed by atoms with E-state index in [0.717, 1.165) is 13.1 Å². The Hall–Kier alpha value is -0.0400. The zero-order valence-electron chi connectivity index (χ0n) is 6.78. The first-order valence-corrected chi connectivity index (χ1v) is 3.36. The van der Waals surface area contributed by atoms with E-state index in [1.807, 2.05) is 0 Å². The molecule has 9 heavy (non-hydrogen) atoms. The van der Waals surface area contributed by atoms with Crippen molar-refractivity contribution in [2.75, 3.05) is 13.1 Å². The second kappa shape index (κ2) is 3.21. The third-order valence-electron chi connectivity index (χ3n) is 1.49. The zero-order valence-corrected chi connectivity index (χ0v) is 6.78. The van der Waals surface area contributed by atoms with Crippen LogP contribution in [0.25, 0.3) is 0 Å². The quantitative estimate of drug-likeness (QED) is 0.546. The van der Waals surface area contributed by atoms with E-state index in [1.165, 1.54) is 0 Å². The Labute approximate surface area is 59.1 Å². The normalized spacial score (nSPS) is 12.7. The van der Waals surface area contributed by atoms with Crippen molar-refractivity contribution in [3.05, 3.63) is 13.8 Å². The molecule has 0 bridgehead atoms. The van der Waals surface area contributed by atoms with E-state index in [0.29, 0.717) is 0 Å². The highest BCUT2D eigenvalue weighted by atomic mass is 15.2. The molecule has 54 valence electrons. The fraction of sp³-hybridized carbons (Fsp3) is 0.750. The van der Waals surface area contributed by atoms with Gasteiger partial charge in [0.2, 0.25) is 0 Å². The Bertz CT molecular complexity index is 67.1. The van der Waals surface area contributed by atoms with Gasteiger partial charge in [0.05, 0.1) is 0 Å². The molecular weight excluding hydrogens is 110 g/mol. The fourth-order valence-corrected chi connectivity index (χ4v) is 0.783. The van der Waals surface area contributed by atoms with Crippen LogP contribution < -0.4 is 0 Å². The van der Waals surface area contributed by atoms with Gasteiger partial charge >= 0.3 is 0 Å². The van der Waals surface area contributed by atoms with Gasteiger partial charge in [-0.3, -0.25) is 4.90 Å². The molecule has 0 N–H and O–H groups in total. The van der Waals surface area contributed by atoms with Crippen LogP contribution in [0, 0.1) is 13.8 Å². The van der Waals surface area contributed by atoms with Gasteiger partial charge in [0.1, 0.15) is 0 Å². The number of hydrogen-bond donors (Lipinski definition) is 0. The first kappa shape index (κ1) is 8.96. The van der Waals surface area contributed by atoms with Crippen LogP contribution in [0.3, 0.4) is 0 Å². The number of nitrogens with zero attached hydrogens (tertiary/aromatic N) is 1. The van der Waals surface area contributed by atoms with Crippen molar-refractivity contribution in [3.8, 4) is 0 Å². The monoisotopic (exact) mass is 127 g/mol.